The van der Waals surface area contributed by atoms with Gasteiger partial charge in [0.2, 0.25) is 0 Å². The normalized spacial score (nSPS) is 20.4. The smallest absolute Gasteiger partial charge is 0.273 e. The van der Waals surface area contributed by atoms with Crippen LogP contribution in [0, 0.1) is 0 Å². The van der Waals surface area contributed by atoms with Crippen LogP contribution in [0.25, 0.3) is 0 Å². The Balaban J connectivity index is 1.40. The highest BCUT2D eigenvalue weighted by atomic mass is 16.5. The molecule has 0 atom stereocenters. The van der Waals surface area contributed by atoms with Crippen molar-refractivity contribution in [2.45, 2.75) is 50.7 Å². The van der Waals surface area contributed by atoms with Gasteiger partial charge in [0.15, 0.2) is 5.69 Å². The number of carbonyl (C=O) groups is 1. The van der Waals surface area contributed by atoms with Crippen LogP contribution >= 0.6 is 0 Å². The highest BCUT2D eigenvalue weighted by Gasteiger charge is 2.19. The van der Waals surface area contributed by atoms with E-state index < -0.39 is 0 Å². The minimum Gasteiger partial charge on any atom is -0.376 e. The Bertz CT molecular complexity index is 478. The number of aromatic nitrogens is 3. The predicted octanol–water partition coefficient (Wildman–Crippen LogP) is 0.892. The molecule has 2 N–H and O–H groups in total. The number of hydrogen-bond donors (Lipinski definition) is 2. The SMILES string of the molecule is O=C(NCCOC1CCCC1)c1cn(C2CCNCC2)nn1. The van der Waals surface area contributed by atoms with E-state index in [9.17, 15) is 4.79 Å². The van der Waals surface area contributed by atoms with Crippen molar-refractivity contribution < 1.29 is 9.53 Å². The zero-order valence-electron chi connectivity index (χ0n) is 13.0. The van der Waals surface area contributed by atoms with Gasteiger partial charge in [-0.05, 0) is 38.8 Å². The van der Waals surface area contributed by atoms with Gasteiger partial charge in [-0.3, -0.25) is 4.79 Å². The molecule has 1 amide bonds. The molecule has 7 heteroatoms. The minimum atomic E-state index is -0.171. The second-order valence-corrected chi connectivity index (χ2v) is 6.10. The fraction of sp³-hybridized carbons (Fsp3) is 0.800. The maximum Gasteiger partial charge on any atom is 0.273 e. The fourth-order valence-corrected chi connectivity index (χ4v) is 3.17. The van der Waals surface area contributed by atoms with Gasteiger partial charge in [0.25, 0.3) is 5.91 Å². The van der Waals surface area contributed by atoms with Gasteiger partial charge in [0.05, 0.1) is 24.9 Å². The van der Waals surface area contributed by atoms with Gasteiger partial charge in [0, 0.05) is 6.54 Å². The first-order valence-corrected chi connectivity index (χ1v) is 8.35. The quantitative estimate of drug-likeness (QED) is 0.763. The summed E-state index contributed by atoms with van der Waals surface area (Å²) in [6.07, 6.45) is 9.02. The Kier molecular flexibility index (Phi) is 5.39. The van der Waals surface area contributed by atoms with E-state index in [0.717, 1.165) is 38.8 Å². The topological polar surface area (TPSA) is 81.1 Å². The molecule has 0 aromatic carbocycles. The first-order chi connectivity index (χ1) is 10.8. The van der Waals surface area contributed by atoms with Gasteiger partial charge in [-0.2, -0.15) is 0 Å². The molecule has 2 aliphatic rings. The zero-order valence-corrected chi connectivity index (χ0v) is 13.0. The molecule has 0 spiro atoms. The van der Waals surface area contributed by atoms with E-state index >= 15 is 0 Å². The number of nitrogens with one attached hydrogen (secondary N) is 2. The van der Waals surface area contributed by atoms with Crippen LogP contribution in [0.15, 0.2) is 6.20 Å². The predicted molar refractivity (Wildman–Crippen MR) is 81.7 cm³/mol. The van der Waals surface area contributed by atoms with Gasteiger partial charge < -0.3 is 15.4 Å². The number of nitrogens with zero attached hydrogens (tertiary/aromatic N) is 3. The number of piperidine rings is 1. The van der Waals surface area contributed by atoms with Crippen molar-refractivity contribution in [2.75, 3.05) is 26.2 Å². The van der Waals surface area contributed by atoms with Gasteiger partial charge in [-0.25, -0.2) is 4.68 Å². The van der Waals surface area contributed by atoms with Crippen LogP contribution in [0.4, 0.5) is 0 Å². The molecule has 1 aliphatic carbocycles. The van der Waals surface area contributed by atoms with Crippen molar-refractivity contribution in [2.24, 2.45) is 0 Å². The number of amides is 1. The Hall–Kier alpha value is -1.47. The van der Waals surface area contributed by atoms with E-state index in [2.05, 4.69) is 20.9 Å². The molecule has 2 fully saturated rings. The molecular formula is C15H25N5O2. The van der Waals surface area contributed by atoms with Crippen molar-refractivity contribution in [3.05, 3.63) is 11.9 Å². The number of carbonyl (C=O) groups excluding carboxylic acids is 1. The lowest BCUT2D eigenvalue weighted by Gasteiger charge is -2.22. The van der Waals surface area contributed by atoms with Crippen molar-refractivity contribution in [3.63, 3.8) is 0 Å². The van der Waals surface area contributed by atoms with Crippen LogP contribution in [0.5, 0.6) is 0 Å². The summed E-state index contributed by atoms with van der Waals surface area (Å²) in [6.45, 7) is 3.07. The van der Waals surface area contributed by atoms with Crippen molar-refractivity contribution in [3.8, 4) is 0 Å². The molecule has 3 rings (SSSR count). The molecule has 0 radical (unpaired) electrons. The third-order valence-electron chi connectivity index (χ3n) is 4.47. The van der Waals surface area contributed by atoms with Gasteiger partial charge in [-0.15, -0.1) is 5.10 Å². The average Bonchev–Trinajstić information content (AvgIpc) is 3.24. The monoisotopic (exact) mass is 307 g/mol. The Morgan fingerprint density at radius 2 is 2.09 bits per heavy atom. The summed E-state index contributed by atoms with van der Waals surface area (Å²) < 4.78 is 7.55. The van der Waals surface area contributed by atoms with Crippen LogP contribution in [0.3, 0.4) is 0 Å². The minimum absolute atomic E-state index is 0.171. The van der Waals surface area contributed by atoms with Gasteiger partial charge in [0.1, 0.15) is 0 Å². The van der Waals surface area contributed by atoms with Crippen LogP contribution in [0.2, 0.25) is 0 Å². The molecule has 1 aromatic rings. The van der Waals surface area contributed by atoms with E-state index in [4.69, 9.17) is 4.74 Å². The highest BCUT2D eigenvalue weighted by molar-refractivity contribution is 5.91. The summed E-state index contributed by atoms with van der Waals surface area (Å²) in [6, 6.07) is 0.348. The molecule has 22 heavy (non-hydrogen) atoms. The molecule has 7 nitrogen and oxygen atoms in total. The molecule has 0 bridgehead atoms. The van der Waals surface area contributed by atoms with Crippen LogP contribution < -0.4 is 10.6 Å². The summed E-state index contributed by atoms with van der Waals surface area (Å²) in [5.41, 5.74) is 0.388. The Morgan fingerprint density at radius 1 is 1.32 bits per heavy atom. The van der Waals surface area contributed by atoms with Crippen molar-refractivity contribution in [1.29, 1.82) is 0 Å². The van der Waals surface area contributed by atoms with Crippen molar-refractivity contribution in [1.82, 2.24) is 25.6 Å². The summed E-state index contributed by atoms with van der Waals surface area (Å²) in [5, 5.41) is 14.2. The van der Waals surface area contributed by atoms with Crippen LogP contribution in [-0.2, 0) is 4.74 Å². The highest BCUT2D eigenvalue weighted by Crippen LogP contribution is 2.20. The van der Waals surface area contributed by atoms with E-state index in [1.807, 2.05) is 4.68 Å². The lowest BCUT2D eigenvalue weighted by molar-refractivity contribution is 0.0581. The van der Waals surface area contributed by atoms with E-state index in [-0.39, 0.29) is 5.91 Å². The number of hydrogen-bond acceptors (Lipinski definition) is 5. The maximum atomic E-state index is 12.0. The fourth-order valence-electron chi connectivity index (χ4n) is 3.17. The Labute approximate surface area is 130 Å². The molecule has 1 aliphatic heterocycles. The van der Waals surface area contributed by atoms with E-state index in [0.29, 0.717) is 31.0 Å². The number of ether oxygens (including phenoxy) is 1. The second-order valence-electron chi connectivity index (χ2n) is 6.10. The van der Waals surface area contributed by atoms with Gasteiger partial charge >= 0.3 is 0 Å². The lowest BCUT2D eigenvalue weighted by atomic mass is 10.1. The van der Waals surface area contributed by atoms with Gasteiger partial charge in [-0.1, -0.05) is 18.1 Å². The summed E-state index contributed by atoms with van der Waals surface area (Å²) in [7, 11) is 0. The molecule has 2 heterocycles. The largest absolute Gasteiger partial charge is 0.376 e. The van der Waals surface area contributed by atoms with Crippen LogP contribution in [0.1, 0.15) is 55.1 Å². The average molecular weight is 307 g/mol. The number of rotatable bonds is 6. The molecule has 1 aromatic heterocycles. The first-order valence-electron chi connectivity index (χ1n) is 8.35. The zero-order chi connectivity index (χ0) is 15.2. The van der Waals surface area contributed by atoms with Crippen molar-refractivity contribution >= 4 is 5.91 Å². The lowest BCUT2D eigenvalue weighted by Crippen LogP contribution is -2.30. The second kappa shape index (κ2) is 7.69. The summed E-state index contributed by atoms with van der Waals surface area (Å²) >= 11 is 0. The third kappa shape index (κ3) is 4.04. The standard InChI is InChI=1S/C15H25N5O2/c21-15(17-9-10-22-13-3-1-2-4-13)14-11-20(19-18-14)12-5-7-16-8-6-12/h11-13,16H,1-10H2,(H,17,21). The molecule has 122 valence electrons. The van der Waals surface area contributed by atoms with E-state index in [1.54, 1.807) is 6.20 Å². The van der Waals surface area contributed by atoms with Crippen LogP contribution in [-0.4, -0.2) is 53.2 Å². The molecule has 0 unspecified atom stereocenters. The molecule has 1 saturated heterocycles. The molecular weight excluding hydrogens is 282 g/mol. The Morgan fingerprint density at radius 3 is 2.86 bits per heavy atom. The van der Waals surface area contributed by atoms with E-state index in [1.165, 1.54) is 12.8 Å². The maximum absolute atomic E-state index is 12.0. The summed E-state index contributed by atoms with van der Waals surface area (Å²) in [4.78, 5) is 12.0. The first kappa shape index (κ1) is 15.4. The third-order valence-corrected chi connectivity index (χ3v) is 4.47. The molecule has 1 saturated carbocycles. The summed E-state index contributed by atoms with van der Waals surface area (Å²) in [5.74, 6) is -0.171.